The molecule has 0 amide bonds. The van der Waals surface area contributed by atoms with Crippen molar-refractivity contribution in [2.24, 2.45) is 10.9 Å². The Morgan fingerprint density at radius 3 is 2.73 bits per heavy atom. The number of nitrogens with zero attached hydrogens (tertiary/aromatic N) is 3. The van der Waals surface area contributed by atoms with Crippen molar-refractivity contribution in [3.8, 4) is 0 Å². The van der Waals surface area contributed by atoms with Crippen LogP contribution in [0.5, 0.6) is 0 Å². The molecule has 2 heterocycles. The van der Waals surface area contributed by atoms with Crippen LogP contribution in [0.25, 0.3) is 0 Å². The minimum atomic E-state index is -3.05. The summed E-state index contributed by atoms with van der Waals surface area (Å²) in [5.41, 5.74) is 0. The fraction of sp³-hybridized carbons (Fsp3) is 0.929. The van der Waals surface area contributed by atoms with Crippen LogP contribution < -0.4 is 5.32 Å². The van der Waals surface area contributed by atoms with E-state index < -0.39 is 10.0 Å². The number of guanidine groups is 1. The lowest BCUT2D eigenvalue weighted by Crippen LogP contribution is -2.49. The smallest absolute Gasteiger partial charge is 0.211 e. The van der Waals surface area contributed by atoms with Gasteiger partial charge >= 0.3 is 0 Å². The molecule has 128 valence electrons. The second-order valence-corrected chi connectivity index (χ2v) is 9.44. The fourth-order valence-electron chi connectivity index (χ4n) is 2.99. The molecule has 2 aliphatic heterocycles. The standard InChI is InChI=1S/C14H28N4O2S2/c1-4-13-11-17(7-8-21-13)14(15-2)16-9-12-5-6-18(10-12)22(3,19)20/h12-13H,4-11H2,1-3H3,(H,15,16). The van der Waals surface area contributed by atoms with Crippen LogP contribution in [0.15, 0.2) is 4.99 Å². The zero-order chi connectivity index (χ0) is 16.2. The molecule has 0 aromatic carbocycles. The number of nitrogens with one attached hydrogen (secondary N) is 1. The zero-order valence-electron chi connectivity index (χ0n) is 13.8. The van der Waals surface area contributed by atoms with Crippen LogP contribution in [0.3, 0.4) is 0 Å². The van der Waals surface area contributed by atoms with Crippen LogP contribution in [0.4, 0.5) is 0 Å². The van der Waals surface area contributed by atoms with Crippen LogP contribution in [-0.2, 0) is 10.0 Å². The lowest BCUT2D eigenvalue weighted by molar-refractivity contribution is 0.400. The lowest BCUT2D eigenvalue weighted by Gasteiger charge is -2.34. The highest BCUT2D eigenvalue weighted by molar-refractivity contribution is 8.00. The first-order valence-corrected chi connectivity index (χ1v) is 10.9. The summed E-state index contributed by atoms with van der Waals surface area (Å²) in [5, 5.41) is 4.12. The highest BCUT2D eigenvalue weighted by atomic mass is 32.2. The maximum atomic E-state index is 11.6. The van der Waals surface area contributed by atoms with E-state index >= 15 is 0 Å². The van der Waals surface area contributed by atoms with E-state index in [0.717, 1.165) is 37.8 Å². The largest absolute Gasteiger partial charge is 0.356 e. The average Bonchev–Trinajstić information content (AvgIpc) is 2.97. The third-order valence-electron chi connectivity index (χ3n) is 4.37. The van der Waals surface area contributed by atoms with Crippen molar-refractivity contribution in [2.75, 3.05) is 51.8 Å². The third kappa shape index (κ3) is 4.76. The maximum Gasteiger partial charge on any atom is 0.211 e. The Balaban J connectivity index is 1.82. The minimum Gasteiger partial charge on any atom is -0.356 e. The Labute approximate surface area is 138 Å². The van der Waals surface area contributed by atoms with Crippen LogP contribution in [0, 0.1) is 5.92 Å². The number of thioether (sulfide) groups is 1. The van der Waals surface area contributed by atoms with E-state index in [4.69, 9.17) is 0 Å². The first kappa shape index (κ1) is 17.9. The summed E-state index contributed by atoms with van der Waals surface area (Å²) < 4.78 is 24.7. The molecule has 0 aromatic rings. The summed E-state index contributed by atoms with van der Waals surface area (Å²) in [7, 11) is -1.23. The third-order valence-corrected chi connectivity index (χ3v) is 7.01. The molecule has 2 unspecified atom stereocenters. The van der Waals surface area contributed by atoms with Gasteiger partial charge in [-0.3, -0.25) is 4.99 Å². The molecule has 0 spiro atoms. The monoisotopic (exact) mass is 348 g/mol. The summed E-state index contributed by atoms with van der Waals surface area (Å²) in [6.07, 6.45) is 3.40. The summed E-state index contributed by atoms with van der Waals surface area (Å²) in [5.74, 6) is 2.47. The molecule has 0 aliphatic carbocycles. The minimum absolute atomic E-state index is 0.368. The second kappa shape index (κ2) is 7.88. The Morgan fingerprint density at radius 1 is 1.36 bits per heavy atom. The SMILES string of the molecule is CCC1CN(C(=NC)NCC2CCN(S(C)(=O)=O)C2)CCS1. The van der Waals surface area contributed by atoms with Gasteiger partial charge in [-0.25, -0.2) is 12.7 Å². The van der Waals surface area contributed by atoms with Gasteiger partial charge in [0, 0.05) is 50.8 Å². The van der Waals surface area contributed by atoms with Gasteiger partial charge in [0.25, 0.3) is 0 Å². The maximum absolute atomic E-state index is 11.6. The van der Waals surface area contributed by atoms with Crippen molar-refractivity contribution in [3.05, 3.63) is 0 Å². The van der Waals surface area contributed by atoms with E-state index in [1.165, 1.54) is 12.7 Å². The quantitative estimate of drug-likeness (QED) is 0.598. The molecule has 0 bridgehead atoms. The van der Waals surface area contributed by atoms with Crippen molar-refractivity contribution in [1.29, 1.82) is 0 Å². The fourth-order valence-corrected chi connectivity index (χ4v) is 5.09. The van der Waals surface area contributed by atoms with Gasteiger partial charge < -0.3 is 10.2 Å². The van der Waals surface area contributed by atoms with Crippen LogP contribution in [-0.4, -0.2) is 80.6 Å². The Morgan fingerprint density at radius 2 is 2.14 bits per heavy atom. The van der Waals surface area contributed by atoms with Gasteiger partial charge in [-0.15, -0.1) is 0 Å². The molecule has 8 heteroatoms. The molecular formula is C14H28N4O2S2. The summed E-state index contributed by atoms with van der Waals surface area (Å²) in [6, 6.07) is 0. The molecule has 0 radical (unpaired) electrons. The van der Waals surface area contributed by atoms with Gasteiger partial charge in [0.2, 0.25) is 10.0 Å². The predicted octanol–water partition coefficient (Wildman–Crippen LogP) is 0.671. The van der Waals surface area contributed by atoms with Crippen molar-refractivity contribution in [1.82, 2.24) is 14.5 Å². The van der Waals surface area contributed by atoms with Crippen molar-refractivity contribution >= 4 is 27.7 Å². The van der Waals surface area contributed by atoms with Crippen LogP contribution in [0.2, 0.25) is 0 Å². The number of hydrogen-bond acceptors (Lipinski definition) is 4. The van der Waals surface area contributed by atoms with Gasteiger partial charge in [-0.1, -0.05) is 6.92 Å². The molecule has 2 saturated heterocycles. The molecule has 2 aliphatic rings. The number of hydrogen-bond donors (Lipinski definition) is 1. The number of aliphatic imine (C=N–C) groups is 1. The van der Waals surface area contributed by atoms with Crippen molar-refractivity contribution in [3.63, 3.8) is 0 Å². The summed E-state index contributed by atoms with van der Waals surface area (Å²) in [6.45, 7) is 6.36. The second-order valence-electron chi connectivity index (χ2n) is 6.05. The van der Waals surface area contributed by atoms with Gasteiger partial charge in [-0.2, -0.15) is 11.8 Å². The molecule has 1 N–H and O–H groups in total. The molecule has 2 fully saturated rings. The first-order chi connectivity index (χ1) is 10.4. The lowest BCUT2D eigenvalue weighted by atomic mass is 10.1. The van der Waals surface area contributed by atoms with E-state index in [2.05, 4.69) is 22.1 Å². The highest BCUT2D eigenvalue weighted by Crippen LogP contribution is 2.21. The number of rotatable bonds is 4. The van der Waals surface area contributed by atoms with Crippen LogP contribution in [0.1, 0.15) is 19.8 Å². The normalized spacial score (nSPS) is 28.1. The van der Waals surface area contributed by atoms with Gasteiger partial charge in [0.1, 0.15) is 0 Å². The topological polar surface area (TPSA) is 65.0 Å². The van der Waals surface area contributed by atoms with Crippen molar-refractivity contribution in [2.45, 2.75) is 25.0 Å². The van der Waals surface area contributed by atoms with E-state index in [-0.39, 0.29) is 0 Å². The van der Waals surface area contributed by atoms with Crippen molar-refractivity contribution < 1.29 is 8.42 Å². The van der Waals surface area contributed by atoms with Gasteiger partial charge in [-0.05, 0) is 18.8 Å². The summed E-state index contributed by atoms with van der Waals surface area (Å²) in [4.78, 5) is 6.73. The van der Waals surface area contributed by atoms with Gasteiger partial charge in [0.15, 0.2) is 5.96 Å². The molecule has 2 atom stereocenters. The predicted molar refractivity (Wildman–Crippen MR) is 94.0 cm³/mol. The summed E-state index contributed by atoms with van der Waals surface area (Å²) >= 11 is 2.04. The molecular weight excluding hydrogens is 320 g/mol. The molecule has 6 nitrogen and oxygen atoms in total. The Bertz CT molecular complexity index is 495. The molecule has 2 rings (SSSR count). The number of sulfonamides is 1. The Kier molecular flexibility index (Phi) is 6.40. The molecule has 0 saturated carbocycles. The average molecular weight is 349 g/mol. The van der Waals surface area contributed by atoms with E-state index in [1.807, 2.05) is 18.8 Å². The molecule has 0 aromatic heterocycles. The van der Waals surface area contributed by atoms with E-state index in [0.29, 0.717) is 24.3 Å². The van der Waals surface area contributed by atoms with Crippen LogP contribution >= 0.6 is 11.8 Å². The Hall–Kier alpha value is -0.470. The zero-order valence-corrected chi connectivity index (χ0v) is 15.4. The molecule has 22 heavy (non-hydrogen) atoms. The first-order valence-electron chi connectivity index (χ1n) is 7.96. The highest BCUT2D eigenvalue weighted by Gasteiger charge is 2.29. The van der Waals surface area contributed by atoms with E-state index in [9.17, 15) is 8.42 Å². The van der Waals surface area contributed by atoms with E-state index in [1.54, 1.807) is 4.31 Å². The van der Waals surface area contributed by atoms with Gasteiger partial charge in [0.05, 0.1) is 6.26 Å².